The van der Waals surface area contributed by atoms with Crippen molar-refractivity contribution in [2.75, 3.05) is 25.1 Å². The average molecular weight is 642 g/mol. The predicted octanol–water partition coefficient (Wildman–Crippen LogP) is 5.81. The third kappa shape index (κ3) is 7.84. The van der Waals surface area contributed by atoms with E-state index in [0.29, 0.717) is 28.4 Å². The number of rotatable bonds is 13. The summed E-state index contributed by atoms with van der Waals surface area (Å²) in [6, 6.07) is 19.0. The van der Waals surface area contributed by atoms with Gasteiger partial charge in [-0.05, 0) is 55.2 Å². The Morgan fingerprint density at radius 3 is 2.23 bits per heavy atom. The summed E-state index contributed by atoms with van der Waals surface area (Å²) in [6.45, 7) is 1.33. The highest BCUT2D eigenvalue weighted by Crippen LogP contribution is 2.32. The molecule has 44 heavy (non-hydrogen) atoms. The van der Waals surface area contributed by atoms with Crippen LogP contribution in [0.4, 0.5) is 5.69 Å². The van der Waals surface area contributed by atoms with Gasteiger partial charge in [0.2, 0.25) is 11.8 Å². The van der Waals surface area contributed by atoms with E-state index in [2.05, 4.69) is 5.32 Å². The number of hydrogen-bond acceptors (Lipinski definition) is 6. The number of ether oxygens (including phenoxy) is 2. The number of sulfonamides is 1. The van der Waals surface area contributed by atoms with Gasteiger partial charge in [0.15, 0.2) is 11.5 Å². The van der Waals surface area contributed by atoms with Crippen LogP contribution in [0.15, 0.2) is 77.7 Å². The summed E-state index contributed by atoms with van der Waals surface area (Å²) >= 11 is 6.50. The van der Waals surface area contributed by atoms with Crippen LogP contribution in [0.5, 0.6) is 11.5 Å². The molecule has 236 valence electrons. The van der Waals surface area contributed by atoms with E-state index in [4.69, 9.17) is 21.1 Å². The molecule has 4 rings (SSSR count). The number of nitrogens with zero attached hydrogens (tertiary/aromatic N) is 2. The van der Waals surface area contributed by atoms with Gasteiger partial charge in [0.05, 0.1) is 24.8 Å². The molecule has 0 radical (unpaired) electrons. The second-order valence-corrected chi connectivity index (χ2v) is 13.0. The minimum Gasteiger partial charge on any atom is -0.493 e. The maximum Gasteiger partial charge on any atom is 0.264 e. The van der Waals surface area contributed by atoms with Crippen molar-refractivity contribution in [3.8, 4) is 11.5 Å². The molecule has 3 aromatic rings. The molecule has 0 spiro atoms. The summed E-state index contributed by atoms with van der Waals surface area (Å²) in [7, 11) is -1.39. The van der Waals surface area contributed by atoms with Crippen molar-refractivity contribution in [3.63, 3.8) is 0 Å². The smallest absolute Gasteiger partial charge is 0.264 e. The molecule has 2 amide bonds. The van der Waals surface area contributed by atoms with Crippen LogP contribution in [-0.4, -0.2) is 58.0 Å². The van der Waals surface area contributed by atoms with E-state index in [-0.39, 0.29) is 29.1 Å². The molecule has 0 aromatic heterocycles. The fourth-order valence-electron chi connectivity index (χ4n) is 5.50. The predicted molar refractivity (Wildman–Crippen MR) is 172 cm³/mol. The molecule has 1 aliphatic rings. The van der Waals surface area contributed by atoms with Crippen LogP contribution in [-0.2, 0) is 26.2 Å². The van der Waals surface area contributed by atoms with E-state index in [0.717, 1.165) is 36.4 Å². The standard InChI is InChI=1S/C33H40ClN3O6S/c1-4-29(33(39)35-25-14-7-5-8-15-25)36(22-24-13-11-12-18-28(24)34)32(38)23-37(26-16-9-6-10-17-26)44(40,41)27-19-20-30(42-2)31(21-27)43-3/h6,9-13,16-21,25,29H,4-5,7-8,14-15,22-23H2,1-3H3,(H,35,39)/t29-/m1/s1. The van der Waals surface area contributed by atoms with Crippen molar-refractivity contribution in [1.29, 1.82) is 0 Å². The average Bonchev–Trinajstić information content (AvgIpc) is 3.04. The van der Waals surface area contributed by atoms with Crippen molar-refractivity contribution in [3.05, 3.63) is 83.4 Å². The largest absolute Gasteiger partial charge is 0.493 e. The normalized spacial score (nSPS) is 14.4. The third-order valence-corrected chi connectivity index (χ3v) is 10.0. The van der Waals surface area contributed by atoms with E-state index in [9.17, 15) is 18.0 Å². The van der Waals surface area contributed by atoms with Crippen LogP contribution < -0.4 is 19.1 Å². The van der Waals surface area contributed by atoms with E-state index >= 15 is 0 Å². The van der Waals surface area contributed by atoms with Gasteiger partial charge in [-0.1, -0.05) is 74.2 Å². The van der Waals surface area contributed by atoms with Crippen LogP contribution in [0.1, 0.15) is 51.0 Å². The quantitative estimate of drug-likeness (QED) is 0.253. The highest BCUT2D eigenvalue weighted by molar-refractivity contribution is 7.92. The molecule has 1 fully saturated rings. The van der Waals surface area contributed by atoms with Crippen LogP contribution in [0.25, 0.3) is 0 Å². The number of nitrogens with one attached hydrogen (secondary N) is 1. The van der Waals surface area contributed by atoms with Crippen molar-refractivity contribution >= 4 is 39.1 Å². The van der Waals surface area contributed by atoms with Gasteiger partial charge in [-0.25, -0.2) is 8.42 Å². The highest BCUT2D eigenvalue weighted by atomic mass is 35.5. The monoisotopic (exact) mass is 641 g/mol. The van der Waals surface area contributed by atoms with Gasteiger partial charge in [0, 0.05) is 23.7 Å². The molecule has 0 heterocycles. The summed E-state index contributed by atoms with van der Waals surface area (Å²) in [4.78, 5) is 29.3. The molecular weight excluding hydrogens is 602 g/mol. The zero-order valence-electron chi connectivity index (χ0n) is 25.4. The Bertz CT molecular complexity index is 1530. The second-order valence-electron chi connectivity index (χ2n) is 10.7. The first-order valence-electron chi connectivity index (χ1n) is 14.8. The molecular formula is C33H40ClN3O6S. The number of carbonyl (C=O) groups is 2. The van der Waals surface area contributed by atoms with Crippen molar-refractivity contribution in [1.82, 2.24) is 10.2 Å². The minimum absolute atomic E-state index is 0.0358. The number of benzene rings is 3. The summed E-state index contributed by atoms with van der Waals surface area (Å²) < 4.78 is 40.0. The summed E-state index contributed by atoms with van der Waals surface area (Å²) in [5.41, 5.74) is 0.952. The molecule has 0 saturated heterocycles. The lowest BCUT2D eigenvalue weighted by Crippen LogP contribution is -2.54. The number of para-hydroxylation sites is 1. The zero-order chi connectivity index (χ0) is 31.7. The Hall–Kier alpha value is -3.76. The number of anilines is 1. The second kappa shape index (κ2) is 15.3. The summed E-state index contributed by atoms with van der Waals surface area (Å²) in [5, 5.41) is 3.60. The lowest BCUT2D eigenvalue weighted by molar-refractivity contribution is -0.140. The van der Waals surface area contributed by atoms with Crippen LogP contribution in [0, 0.1) is 0 Å². The van der Waals surface area contributed by atoms with E-state index < -0.39 is 28.5 Å². The van der Waals surface area contributed by atoms with Crippen LogP contribution >= 0.6 is 11.6 Å². The molecule has 3 aromatic carbocycles. The number of amides is 2. The van der Waals surface area contributed by atoms with E-state index in [1.165, 1.54) is 37.3 Å². The topological polar surface area (TPSA) is 105 Å². The number of halogens is 1. The minimum atomic E-state index is -4.27. The molecule has 1 saturated carbocycles. The molecule has 11 heteroatoms. The SMILES string of the molecule is CC[C@H](C(=O)NC1CCCCC1)N(Cc1ccccc1Cl)C(=O)CN(c1ccccc1)S(=O)(=O)c1ccc(OC)c(OC)c1. The number of hydrogen-bond donors (Lipinski definition) is 1. The van der Waals surface area contributed by atoms with Crippen LogP contribution in [0.2, 0.25) is 5.02 Å². The van der Waals surface area contributed by atoms with Gasteiger partial charge < -0.3 is 19.7 Å². The first-order chi connectivity index (χ1) is 21.2. The van der Waals surface area contributed by atoms with Crippen LogP contribution in [0.3, 0.4) is 0 Å². The van der Waals surface area contributed by atoms with E-state index in [1.54, 1.807) is 48.5 Å². The maximum absolute atomic E-state index is 14.3. The lowest BCUT2D eigenvalue weighted by atomic mass is 9.95. The fourth-order valence-corrected chi connectivity index (χ4v) is 7.13. The Kier molecular flexibility index (Phi) is 11.5. The Morgan fingerprint density at radius 2 is 1.59 bits per heavy atom. The maximum atomic E-state index is 14.3. The zero-order valence-corrected chi connectivity index (χ0v) is 26.9. The summed E-state index contributed by atoms with van der Waals surface area (Å²) in [5.74, 6) is -0.189. The number of carbonyl (C=O) groups excluding carboxylic acids is 2. The van der Waals surface area contributed by atoms with Gasteiger partial charge in [-0.3, -0.25) is 13.9 Å². The molecule has 0 bridgehead atoms. The van der Waals surface area contributed by atoms with Crippen molar-refractivity contribution < 1.29 is 27.5 Å². The highest BCUT2D eigenvalue weighted by Gasteiger charge is 2.35. The molecule has 9 nitrogen and oxygen atoms in total. The van der Waals surface area contributed by atoms with Gasteiger partial charge >= 0.3 is 0 Å². The number of methoxy groups -OCH3 is 2. The Labute approximate surface area is 265 Å². The molecule has 1 N–H and O–H groups in total. The van der Waals surface area contributed by atoms with Gasteiger partial charge in [-0.15, -0.1) is 0 Å². The third-order valence-electron chi connectivity index (χ3n) is 7.90. The van der Waals surface area contributed by atoms with Gasteiger partial charge in [0.25, 0.3) is 10.0 Å². The molecule has 1 aliphatic carbocycles. The first-order valence-corrected chi connectivity index (χ1v) is 16.6. The van der Waals surface area contributed by atoms with Gasteiger partial charge in [-0.2, -0.15) is 0 Å². The van der Waals surface area contributed by atoms with Gasteiger partial charge in [0.1, 0.15) is 12.6 Å². The molecule has 1 atom stereocenters. The molecule has 0 unspecified atom stereocenters. The van der Waals surface area contributed by atoms with Crippen molar-refractivity contribution in [2.45, 2.75) is 69.0 Å². The van der Waals surface area contributed by atoms with Crippen molar-refractivity contribution in [2.24, 2.45) is 0 Å². The first kappa shape index (κ1) is 33.1. The van der Waals surface area contributed by atoms with E-state index in [1.807, 2.05) is 13.0 Å². The lowest BCUT2D eigenvalue weighted by Gasteiger charge is -2.34. The fraction of sp³-hybridized carbons (Fsp3) is 0.394. The Balaban J connectivity index is 1.72. The Morgan fingerprint density at radius 1 is 0.932 bits per heavy atom. The molecule has 0 aliphatic heterocycles. The summed E-state index contributed by atoms with van der Waals surface area (Å²) in [6.07, 6.45) is 5.36.